The third kappa shape index (κ3) is 3.47. The molecule has 2 heterocycles. The van der Waals surface area contributed by atoms with Gasteiger partial charge in [-0.05, 0) is 28.6 Å². The molecule has 0 bridgehead atoms. The van der Waals surface area contributed by atoms with Crippen molar-refractivity contribution >= 4 is 41.2 Å². The molecule has 3 N–H and O–H groups in total. The third-order valence-corrected chi connectivity index (χ3v) is 4.81. The van der Waals surface area contributed by atoms with E-state index in [1.54, 1.807) is 24.5 Å². The maximum atomic E-state index is 12.9. The molecule has 0 spiro atoms. The van der Waals surface area contributed by atoms with E-state index >= 15 is 0 Å². The Morgan fingerprint density at radius 2 is 2.07 bits per heavy atom. The molecule has 27 heavy (non-hydrogen) atoms. The lowest BCUT2D eigenvalue weighted by molar-refractivity contribution is -0.119. The third-order valence-electron chi connectivity index (χ3n) is 4.81. The van der Waals surface area contributed by atoms with Crippen molar-refractivity contribution in [2.24, 2.45) is 10.7 Å². The molecular weight excluding hydrogens is 341 g/mol. The first-order valence-electron chi connectivity index (χ1n) is 8.71. The molecule has 0 saturated heterocycles. The number of nitrogens with zero attached hydrogens (tertiary/aromatic N) is 2. The van der Waals surface area contributed by atoms with E-state index in [0.717, 1.165) is 21.9 Å². The summed E-state index contributed by atoms with van der Waals surface area (Å²) in [6.07, 6.45) is 5.04. The summed E-state index contributed by atoms with van der Waals surface area (Å²) in [5, 5.41) is 12.1. The highest BCUT2D eigenvalue weighted by molar-refractivity contribution is 6.63. The molecule has 0 saturated carbocycles. The van der Waals surface area contributed by atoms with E-state index in [-0.39, 0.29) is 18.7 Å². The summed E-state index contributed by atoms with van der Waals surface area (Å²) >= 11 is 0. The molecule has 0 aliphatic carbocycles. The first-order chi connectivity index (χ1) is 13.2. The number of carbonyl (C=O) groups is 1. The number of rotatable bonds is 5. The van der Waals surface area contributed by atoms with Crippen LogP contribution < -0.4 is 11.2 Å². The van der Waals surface area contributed by atoms with E-state index in [1.807, 2.05) is 30.3 Å². The predicted octanol–water partition coefficient (Wildman–Crippen LogP) is 1.47. The van der Waals surface area contributed by atoms with Gasteiger partial charge in [0.2, 0.25) is 0 Å². The van der Waals surface area contributed by atoms with Crippen LogP contribution in [0.3, 0.4) is 0 Å². The van der Waals surface area contributed by atoms with Gasteiger partial charge in [-0.3, -0.25) is 9.78 Å². The Bertz CT molecular complexity index is 1040. The van der Waals surface area contributed by atoms with Crippen LogP contribution in [0.5, 0.6) is 0 Å². The van der Waals surface area contributed by atoms with Gasteiger partial charge in [0.25, 0.3) is 0 Å². The van der Waals surface area contributed by atoms with Crippen LogP contribution in [0.1, 0.15) is 17.0 Å². The smallest absolute Gasteiger partial charge is 0.524 e. The van der Waals surface area contributed by atoms with E-state index in [1.165, 1.54) is 6.40 Å². The minimum Gasteiger partial charge on any atom is -0.524 e. The monoisotopic (exact) mass is 359 g/mol. The van der Waals surface area contributed by atoms with Crippen LogP contribution in [0.15, 0.2) is 59.9 Å². The van der Waals surface area contributed by atoms with E-state index in [0.29, 0.717) is 11.2 Å². The summed E-state index contributed by atoms with van der Waals surface area (Å²) in [4.78, 5) is 21.1. The van der Waals surface area contributed by atoms with Crippen molar-refractivity contribution in [3.63, 3.8) is 0 Å². The average molecular weight is 359 g/mol. The second-order valence-corrected chi connectivity index (χ2v) is 6.53. The highest BCUT2D eigenvalue weighted by atomic mass is 16.5. The summed E-state index contributed by atoms with van der Waals surface area (Å²) in [7, 11) is -1.08. The van der Waals surface area contributed by atoms with Crippen LogP contribution in [0.4, 0.5) is 5.69 Å². The van der Waals surface area contributed by atoms with Crippen LogP contribution in [-0.2, 0) is 15.9 Å². The molecule has 0 radical (unpaired) electrons. The van der Waals surface area contributed by atoms with E-state index < -0.39 is 13.0 Å². The molecule has 3 aromatic rings. The number of hydrogen-bond donors (Lipinski definition) is 2. The Morgan fingerprint density at radius 3 is 2.93 bits per heavy atom. The number of Topliss-reactive ketones (excluding diaryl/α,β-unsaturated/α-hetero) is 1. The Labute approximate surface area is 156 Å². The second kappa shape index (κ2) is 7.30. The minimum atomic E-state index is -1.08. The van der Waals surface area contributed by atoms with Crippen LogP contribution in [0, 0.1) is 0 Å². The molecule has 134 valence electrons. The quantitative estimate of drug-likeness (QED) is 0.673. The standard InChI is InChI=1S/C20H18BN3O3/c22-10-17(15-3-4-19-18(9-15)21(26)27-12-24-19)20(25)8-13-1-2-16-11-23-6-5-14(16)7-13/h1-7,9,11-12,17,26H,8,10,22H2/t17-/m1/s1. The fourth-order valence-electron chi connectivity index (χ4n) is 3.34. The normalized spacial score (nSPS) is 13.9. The average Bonchev–Trinajstić information content (AvgIpc) is 2.69. The van der Waals surface area contributed by atoms with Crippen molar-refractivity contribution in [3.05, 3.63) is 66.0 Å². The van der Waals surface area contributed by atoms with Gasteiger partial charge < -0.3 is 15.4 Å². The Morgan fingerprint density at radius 1 is 1.19 bits per heavy atom. The molecule has 1 aromatic heterocycles. The number of carbonyl (C=O) groups excluding carboxylic acids is 1. The lowest BCUT2D eigenvalue weighted by Gasteiger charge is -2.18. The topological polar surface area (TPSA) is 97.8 Å². The van der Waals surface area contributed by atoms with Crippen LogP contribution in [-0.4, -0.2) is 35.9 Å². The lowest BCUT2D eigenvalue weighted by atomic mass is 9.75. The molecule has 1 aliphatic heterocycles. The van der Waals surface area contributed by atoms with Crippen LogP contribution in [0.2, 0.25) is 0 Å². The highest BCUT2D eigenvalue weighted by Crippen LogP contribution is 2.23. The molecule has 1 atom stereocenters. The first-order valence-corrected chi connectivity index (χ1v) is 8.71. The summed E-state index contributed by atoms with van der Waals surface area (Å²) in [5.74, 6) is -0.429. The van der Waals surface area contributed by atoms with Gasteiger partial charge in [0.1, 0.15) is 5.78 Å². The van der Waals surface area contributed by atoms with E-state index in [4.69, 9.17) is 10.4 Å². The summed E-state index contributed by atoms with van der Waals surface area (Å²) < 4.78 is 5.01. The Balaban J connectivity index is 1.59. The molecule has 1 aliphatic rings. The van der Waals surface area contributed by atoms with Gasteiger partial charge in [0.15, 0.2) is 6.40 Å². The fraction of sp³-hybridized carbons (Fsp3) is 0.150. The van der Waals surface area contributed by atoms with Crippen molar-refractivity contribution in [2.45, 2.75) is 12.3 Å². The first kappa shape index (κ1) is 17.4. The zero-order valence-electron chi connectivity index (χ0n) is 14.6. The Kier molecular flexibility index (Phi) is 4.70. The minimum absolute atomic E-state index is 0.0283. The number of benzene rings is 2. The Hall–Kier alpha value is -3.03. The number of aromatic nitrogens is 1. The molecular formula is C20H18BN3O3. The molecule has 0 amide bonds. The van der Waals surface area contributed by atoms with Gasteiger partial charge in [-0.25, -0.2) is 4.99 Å². The van der Waals surface area contributed by atoms with Gasteiger partial charge >= 0.3 is 7.12 Å². The van der Waals surface area contributed by atoms with Gasteiger partial charge in [-0.2, -0.15) is 0 Å². The molecule has 7 heteroatoms. The zero-order valence-corrected chi connectivity index (χ0v) is 14.6. The van der Waals surface area contributed by atoms with Gasteiger partial charge in [-0.1, -0.05) is 30.3 Å². The molecule has 0 fully saturated rings. The summed E-state index contributed by atoms with van der Waals surface area (Å²) in [6, 6.07) is 13.2. The van der Waals surface area contributed by atoms with E-state index in [9.17, 15) is 9.82 Å². The van der Waals surface area contributed by atoms with Gasteiger partial charge in [-0.15, -0.1) is 0 Å². The second-order valence-electron chi connectivity index (χ2n) is 6.53. The number of fused-ring (bicyclic) bond motifs is 2. The van der Waals surface area contributed by atoms with Gasteiger partial charge in [0.05, 0.1) is 11.6 Å². The summed E-state index contributed by atoms with van der Waals surface area (Å²) in [5.41, 5.74) is 8.77. The van der Waals surface area contributed by atoms with Crippen LogP contribution >= 0.6 is 0 Å². The summed E-state index contributed by atoms with van der Waals surface area (Å²) in [6.45, 7) is 0.190. The van der Waals surface area contributed by atoms with Crippen molar-refractivity contribution < 1.29 is 14.5 Å². The maximum Gasteiger partial charge on any atom is 0.562 e. The number of pyridine rings is 1. The lowest BCUT2D eigenvalue weighted by Crippen LogP contribution is -2.36. The maximum absolute atomic E-state index is 12.9. The van der Waals surface area contributed by atoms with Crippen molar-refractivity contribution in [2.75, 3.05) is 6.54 Å². The van der Waals surface area contributed by atoms with Crippen molar-refractivity contribution in [1.82, 2.24) is 4.98 Å². The van der Waals surface area contributed by atoms with Crippen molar-refractivity contribution in [3.8, 4) is 0 Å². The zero-order chi connectivity index (χ0) is 18.8. The number of ketones is 1. The SMILES string of the molecule is NC[C@@H](C(=O)Cc1ccc2cnccc2c1)c1ccc2c(c1)B(O)OC=N2. The largest absolute Gasteiger partial charge is 0.562 e. The van der Waals surface area contributed by atoms with Crippen molar-refractivity contribution in [1.29, 1.82) is 0 Å². The number of hydrogen-bond acceptors (Lipinski definition) is 6. The van der Waals surface area contributed by atoms with Gasteiger partial charge in [0, 0.05) is 36.2 Å². The predicted molar refractivity (Wildman–Crippen MR) is 106 cm³/mol. The highest BCUT2D eigenvalue weighted by Gasteiger charge is 2.27. The van der Waals surface area contributed by atoms with E-state index in [2.05, 4.69) is 9.98 Å². The fourth-order valence-corrected chi connectivity index (χ4v) is 3.34. The number of aliphatic imine (C=N–C) groups is 1. The molecule has 0 unspecified atom stereocenters. The van der Waals surface area contributed by atoms with Crippen LogP contribution in [0.25, 0.3) is 10.8 Å². The molecule has 4 rings (SSSR count). The number of nitrogens with two attached hydrogens (primary N) is 1. The molecule has 6 nitrogen and oxygen atoms in total. The molecule has 2 aromatic carbocycles.